The molecule has 0 aliphatic carbocycles. The first-order valence-corrected chi connectivity index (χ1v) is 25.5. The van der Waals surface area contributed by atoms with E-state index in [0.29, 0.717) is 12.8 Å². The fourth-order valence-electron chi connectivity index (χ4n) is 7.66. The number of nitrogens with one attached hydrogen (secondary N) is 1. The number of unbranched alkanes of at least 4 members (excludes halogenated alkanes) is 8. The van der Waals surface area contributed by atoms with E-state index < -0.39 is 86.8 Å². The molecular formula is C54H89NO13. The second kappa shape index (κ2) is 39.6. The van der Waals surface area contributed by atoms with Crippen LogP contribution in [0.15, 0.2) is 97.2 Å². The molecule has 0 radical (unpaired) electrons. The van der Waals surface area contributed by atoms with Crippen LogP contribution in [0.1, 0.15) is 142 Å². The lowest BCUT2D eigenvalue weighted by atomic mass is 9.97. The fraction of sp³-hybridized carbons (Fsp3) is 0.685. The molecule has 0 aromatic heterocycles. The highest BCUT2D eigenvalue weighted by molar-refractivity contribution is 5.76. The van der Waals surface area contributed by atoms with Crippen molar-refractivity contribution in [2.24, 2.45) is 0 Å². The predicted octanol–water partition coefficient (Wildman–Crippen LogP) is 6.76. The topological polar surface area (TPSA) is 228 Å². The van der Waals surface area contributed by atoms with Crippen molar-refractivity contribution in [1.29, 1.82) is 0 Å². The van der Waals surface area contributed by atoms with E-state index >= 15 is 0 Å². The van der Waals surface area contributed by atoms with Crippen LogP contribution in [0.4, 0.5) is 0 Å². The molecule has 0 aromatic carbocycles. The molecule has 12 atom stereocenters. The van der Waals surface area contributed by atoms with E-state index in [1.165, 1.54) is 0 Å². The SMILES string of the molecule is CC/C=C\C/C=C\C/C=C\C/C=C\C/C=C\C/C=C\C/C=C\C/C=C\CCCCCCC(=O)NC(COC1OC(CO)C(OC2OC(CO)C(O)C(O)C2O)C(O)C1O)C(O)CCCCCCC. The monoisotopic (exact) mass is 960 g/mol. The molecule has 0 spiro atoms. The van der Waals surface area contributed by atoms with Gasteiger partial charge < -0.3 is 65.1 Å². The number of aliphatic hydroxyl groups is 8. The van der Waals surface area contributed by atoms with Gasteiger partial charge in [0.2, 0.25) is 5.91 Å². The summed E-state index contributed by atoms with van der Waals surface area (Å²) in [4.78, 5) is 13.1. The average molecular weight is 960 g/mol. The van der Waals surface area contributed by atoms with Gasteiger partial charge in [-0.05, 0) is 77.0 Å². The lowest BCUT2D eigenvalue weighted by molar-refractivity contribution is -0.359. The molecule has 2 aliphatic heterocycles. The standard InChI is InChI=1S/C54H89NO13/c1-3-5-7-9-10-11-12-13-14-15-16-17-18-19-20-21-22-23-24-25-26-27-28-29-30-31-32-34-36-38-46(59)55-42(43(58)37-35-33-8-6-4-2)41-65-53-51(64)49(62)52(45(40-57)67-53)68-54-50(63)48(61)47(60)44(39-56)66-54/h5,7,10-11,13-14,16-17,19-20,22-23,25-26,28-29,42-45,47-54,56-58,60-64H,3-4,6,8-9,12,15,18,21,24,27,30-41H2,1-2H3,(H,55,59)/b7-5-,11-10-,14-13-,17-16-,20-19-,23-22-,26-25-,29-28-. The summed E-state index contributed by atoms with van der Waals surface area (Å²) in [5.41, 5.74) is 0. The van der Waals surface area contributed by atoms with E-state index in [0.717, 1.165) is 109 Å². The number of amides is 1. The highest BCUT2D eigenvalue weighted by Crippen LogP contribution is 2.30. The Bertz CT molecular complexity index is 1510. The third kappa shape index (κ3) is 26.2. The molecule has 14 heteroatoms. The molecule has 0 saturated carbocycles. The molecule has 68 heavy (non-hydrogen) atoms. The van der Waals surface area contributed by atoms with Crippen LogP contribution < -0.4 is 5.32 Å². The van der Waals surface area contributed by atoms with E-state index in [1.807, 2.05) is 0 Å². The Labute approximate surface area is 407 Å². The summed E-state index contributed by atoms with van der Waals surface area (Å²) in [7, 11) is 0. The molecule has 2 saturated heterocycles. The van der Waals surface area contributed by atoms with Crippen molar-refractivity contribution < 1.29 is 64.6 Å². The van der Waals surface area contributed by atoms with Gasteiger partial charge in [-0.3, -0.25) is 4.79 Å². The van der Waals surface area contributed by atoms with Crippen LogP contribution in [0, 0.1) is 0 Å². The van der Waals surface area contributed by atoms with Gasteiger partial charge in [0.25, 0.3) is 0 Å². The largest absolute Gasteiger partial charge is 0.394 e. The van der Waals surface area contributed by atoms with Crippen molar-refractivity contribution in [3.63, 3.8) is 0 Å². The first-order valence-electron chi connectivity index (χ1n) is 25.5. The summed E-state index contributed by atoms with van der Waals surface area (Å²) < 4.78 is 22.6. The van der Waals surface area contributed by atoms with Gasteiger partial charge in [0.15, 0.2) is 12.6 Å². The first-order chi connectivity index (χ1) is 33.1. The zero-order valence-electron chi connectivity index (χ0n) is 41.0. The molecule has 0 aromatic rings. The van der Waals surface area contributed by atoms with Crippen LogP contribution in [0.25, 0.3) is 0 Å². The number of allylic oxidation sites excluding steroid dienone is 16. The minimum absolute atomic E-state index is 0.245. The van der Waals surface area contributed by atoms with E-state index in [1.54, 1.807) is 0 Å². The molecule has 2 heterocycles. The zero-order chi connectivity index (χ0) is 49.6. The minimum Gasteiger partial charge on any atom is -0.394 e. The number of aliphatic hydroxyl groups excluding tert-OH is 8. The van der Waals surface area contributed by atoms with E-state index in [2.05, 4.69) is 116 Å². The Kier molecular flexibility index (Phi) is 35.6. The molecule has 2 aliphatic rings. The third-order valence-corrected chi connectivity index (χ3v) is 11.8. The maximum Gasteiger partial charge on any atom is 0.220 e. The first kappa shape index (κ1) is 61.0. The molecule has 12 unspecified atom stereocenters. The highest BCUT2D eigenvalue weighted by atomic mass is 16.7. The summed E-state index contributed by atoms with van der Waals surface area (Å²) in [6.45, 7) is 2.58. The van der Waals surface area contributed by atoms with Gasteiger partial charge in [-0.15, -0.1) is 0 Å². The molecular weight excluding hydrogens is 871 g/mol. The maximum atomic E-state index is 13.1. The Hall–Kier alpha value is -3.09. The fourth-order valence-corrected chi connectivity index (χ4v) is 7.66. The van der Waals surface area contributed by atoms with Gasteiger partial charge >= 0.3 is 0 Å². The number of carbonyl (C=O) groups excluding carboxylic acids is 1. The second-order valence-corrected chi connectivity index (χ2v) is 17.6. The van der Waals surface area contributed by atoms with E-state index in [4.69, 9.17) is 18.9 Å². The molecule has 14 nitrogen and oxygen atoms in total. The van der Waals surface area contributed by atoms with Crippen molar-refractivity contribution in [3.8, 4) is 0 Å². The molecule has 9 N–H and O–H groups in total. The van der Waals surface area contributed by atoms with Crippen LogP contribution in [-0.4, -0.2) is 140 Å². The molecule has 1 amide bonds. The number of rotatable bonds is 37. The maximum absolute atomic E-state index is 13.1. The Morgan fingerprint density at radius 1 is 0.544 bits per heavy atom. The van der Waals surface area contributed by atoms with Gasteiger partial charge in [0, 0.05) is 6.42 Å². The van der Waals surface area contributed by atoms with Crippen molar-refractivity contribution in [2.45, 2.75) is 216 Å². The van der Waals surface area contributed by atoms with Gasteiger partial charge in [-0.1, -0.05) is 156 Å². The number of hydrogen-bond acceptors (Lipinski definition) is 13. The van der Waals surface area contributed by atoms with Gasteiger partial charge in [-0.2, -0.15) is 0 Å². The third-order valence-electron chi connectivity index (χ3n) is 11.8. The normalized spacial score (nSPS) is 27.2. The average Bonchev–Trinajstić information content (AvgIpc) is 3.34. The summed E-state index contributed by atoms with van der Waals surface area (Å²) >= 11 is 0. The predicted molar refractivity (Wildman–Crippen MR) is 267 cm³/mol. The number of hydrogen-bond donors (Lipinski definition) is 9. The number of carbonyl (C=O) groups is 1. The van der Waals surface area contributed by atoms with Crippen molar-refractivity contribution in [2.75, 3.05) is 19.8 Å². The summed E-state index contributed by atoms with van der Waals surface area (Å²) in [6.07, 6.45) is 36.2. The Morgan fingerprint density at radius 2 is 1.01 bits per heavy atom. The van der Waals surface area contributed by atoms with E-state index in [-0.39, 0.29) is 18.9 Å². The van der Waals surface area contributed by atoms with Gasteiger partial charge in [-0.25, -0.2) is 0 Å². The van der Waals surface area contributed by atoms with Crippen LogP contribution in [0.2, 0.25) is 0 Å². The molecule has 2 rings (SSSR count). The molecule has 2 fully saturated rings. The Morgan fingerprint density at radius 3 is 1.54 bits per heavy atom. The summed E-state index contributed by atoms with van der Waals surface area (Å²) in [5, 5.41) is 86.3. The van der Waals surface area contributed by atoms with Gasteiger partial charge in [0.1, 0.15) is 48.8 Å². The van der Waals surface area contributed by atoms with Crippen molar-refractivity contribution >= 4 is 5.91 Å². The quantitative estimate of drug-likeness (QED) is 0.0232. The van der Waals surface area contributed by atoms with E-state index in [9.17, 15) is 45.6 Å². The van der Waals surface area contributed by atoms with Crippen LogP contribution in [0.3, 0.4) is 0 Å². The second-order valence-electron chi connectivity index (χ2n) is 17.6. The van der Waals surface area contributed by atoms with Gasteiger partial charge in [0.05, 0.1) is 32.0 Å². The number of ether oxygens (including phenoxy) is 4. The Balaban J connectivity index is 1.68. The minimum atomic E-state index is -1.79. The summed E-state index contributed by atoms with van der Waals surface area (Å²) in [6, 6.07) is -0.845. The zero-order valence-corrected chi connectivity index (χ0v) is 41.0. The lowest BCUT2D eigenvalue weighted by Gasteiger charge is -2.46. The lowest BCUT2D eigenvalue weighted by Crippen LogP contribution is -2.65. The van der Waals surface area contributed by atoms with Crippen molar-refractivity contribution in [3.05, 3.63) is 97.2 Å². The highest BCUT2D eigenvalue weighted by Gasteiger charge is 2.51. The smallest absolute Gasteiger partial charge is 0.220 e. The molecule has 0 bridgehead atoms. The van der Waals surface area contributed by atoms with Crippen LogP contribution >= 0.6 is 0 Å². The van der Waals surface area contributed by atoms with Crippen molar-refractivity contribution in [1.82, 2.24) is 5.32 Å². The van der Waals surface area contributed by atoms with Crippen LogP contribution in [0.5, 0.6) is 0 Å². The summed E-state index contributed by atoms with van der Waals surface area (Å²) in [5.74, 6) is -0.245. The van der Waals surface area contributed by atoms with Crippen LogP contribution in [-0.2, 0) is 23.7 Å². The molecule has 388 valence electrons.